The average molecular weight is 294 g/mol. The summed E-state index contributed by atoms with van der Waals surface area (Å²) in [7, 11) is 0. The number of aromatic nitrogens is 2. The van der Waals surface area contributed by atoms with Crippen LogP contribution in [0.25, 0.3) is 0 Å². The second-order valence-electron chi connectivity index (χ2n) is 4.16. The lowest BCUT2D eigenvalue weighted by Gasteiger charge is -2.08. The van der Waals surface area contributed by atoms with Crippen LogP contribution < -0.4 is 0 Å². The summed E-state index contributed by atoms with van der Waals surface area (Å²) in [6.45, 7) is 4.04. The first-order chi connectivity index (χ1) is 9.11. The Bertz CT molecular complexity index is 638. The van der Waals surface area contributed by atoms with Crippen LogP contribution in [0, 0.1) is 17.4 Å². The van der Waals surface area contributed by atoms with Crippen LogP contribution in [0.15, 0.2) is 29.2 Å². The van der Waals surface area contributed by atoms with E-state index in [1.165, 1.54) is 17.8 Å². The zero-order valence-corrected chi connectivity index (χ0v) is 12.5. The number of nitrogens with one attached hydrogen (secondary N) is 1. The SMILES string of the molecule is CCc1[nH]c(CSc2ccccc2F)nc(=S)c1C. The number of aromatic amines is 1. The molecule has 0 saturated carbocycles. The van der Waals surface area contributed by atoms with Crippen molar-refractivity contribution in [2.24, 2.45) is 0 Å². The van der Waals surface area contributed by atoms with Gasteiger partial charge < -0.3 is 4.98 Å². The Hall–Kier alpha value is -1.20. The minimum atomic E-state index is -0.200. The van der Waals surface area contributed by atoms with Crippen LogP contribution in [0.2, 0.25) is 0 Å². The van der Waals surface area contributed by atoms with Gasteiger partial charge in [0.1, 0.15) is 16.3 Å². The number of H-pyrrole nitrogens is 1. The van der Waals surface area contributed by atoms with Crippen LogP contribution in [0.4, 0.5) is 4.39 Å². The summed E-state index contributed by atoms with van der Waals surface area (Å²) in [4.78, 5) is 8.24. The lowest BCUT2D eigenvalue weighted by Crippen LogP contribution is -2.01. The summed E-state index contributed by atoms with van der Waals surface area (Å²) in [5.74, 6) is 1.17. The summed E-state index contributed by atoms with van der Waals surface area (Å²) in [5.41, 5.74) is 2.13. The predicted octanol–water partition coefficient (Wildman–Crippen LogP) is 4.44. The third-order valence-electron chi connectivity index (χ3n) is 2.86. The molecule has 1 heterocycles. The summed E-state index contributed by atoms with van der Waals surface area (Å²) in [5, 5.41) is 0. The molecule has 0 fully saturated rings. The Morgan fingerprint density at radius 1 is 1.37 bits per heavy atom. The first-order valence-electron chi connectivity index (χ1n) is 6.07. The molecule has 2 rings (SSSR count). The van der Waals surface area contributed by atoms with Gasteiger partial charge in [-0.3, -0.25) is 0 Å². The van der Waals surface area contributed by atoms with Crippen LogP contribution in [-0.4, -0.2) is 9.97 Å². The molecule has 0 spiro atoms. The molecule has 0 aliphatic carbocycles. The normalized spacial score (nSPS) is 10.7. The van der Waals surface area contributed by atoms with E-state index >= 15 is 0 Å². The Morgan fingerprint density at radius 2 is 2.11 bits per heavy atom. The van der Waals surface area contributed by atoms with Crippen molar-refractivity contribution in [3.63, 3.8) is 0 Å². The van der Waals surface area contributed by atoms with Crippen molar-refractivity contribution >= 4 is 24.0 Å². The zero-order chi connectivity index (χ0) is 13.8. The van der Waals surface area contributed by atoms with Gasteiger partial charge in [-0.1, -0.05) is 31.3 Å². The van der Waals surface area contributed by atoms with Crippen molar-refractivity contribution in [1.82, 2.24) is 9.97 Å². The molecule has 0 saturated heterocycles. The Labute approximate surface area is 121 Å². The highest BCUT2D eigenvalue weighted by Gasteiger charge is 2.06. The molecule has 1 N–H and O–H groups in total. The maximum atomic E-state index is 13.5. The summed E-state index contributed by atoms with van der Waals surface area (Å²) in [6, 6.07) is 6.74. The topological polar surface area (TPSA) is 28.7 Å². The van der Waals surface area contributed by atoms with Gasteiger partial charge in [-0.15, -0.1) is 11.8 Å². The standard InChI is InChI=1S/C14H15FN2S2/c1-3-11-9(2)14(18)17-13(16-11)8-19-12-7-5-4-6-10(12)15/h4-7H,3,8H2,1-2H3,(H,16,17,18). The molecule has 0 atom stereocenters. The minimum Gasteiger partial charge on any atom is -0.346 e. The van der Waals surface area contributed by atoms with Crippen molar-refractivity contribution in [3.05, 3.63) is 51.8 Å². The largest absolute Gasteiger partial charge is 0.346 e. The van der Waals surface area contributed by atoms with E-state index in [4.69, 9.17) is 12.2 Å². The highest BCUT2D eigenvalue weighted by Crippen LogP contribution is 2.24. The number of rotatable bonds is 4. The van der Waals surface area contributed by atoms with Crippen molar-refractivity contribution in [3.8, 4) is 0 Å². The van der Waals surface area contributed by atoms with Gasteiger partial charge in [-0.05, 0) is 25.5 Å². The monoisotopic (exact) mass is 294 g/mol. The Morgan fingerprint density at radius 3 is 2.79 bits per heavy atom. The van der Waals surface area contributed by atoms with Gasteiger partial charge in [-0.25, -0.2) is 9.37 Å². The molecule has 0 aliphatic heterocycles. The molecule has 2 nitrogen and oxygen atoms in total. The third-order valence-corrected chi connectivity index (χ3v) is 4.32. The fourth-order valence-electron chi connectivity index (χ4n) is 1.76. The van der Waals surface area contributed by atoms with Crippen LogP contribution in [0.3, 0.4) is 0 Å². The van der Waals surface area contributed by atoms with E-state index in [1.807, 2.05) is 13.0 Å². The lowest BCUT2D eigenvalue weighted by molar-refractivity contribution is 0.602. The molecule has 0 amide bonds. The predicted molar refractivity (Wildman–Crippen MR) is 79.5 cm³/mol. The number of halogens is 1. The summed E-state index contributed by atoms with van der Waals surface area (Å²) in [6.07, 6.45) is 0.884. The molecule has 0 radical (unpaired) electrons. The second-order valence-corrected chi connectivity index (χ2v) is 5.57. The molecule has 5 heteroatoms. The first kappa shape index (κ1) is 14.2. The molecule has 0 aliphatic rings. The van der Waals surface area contributed by atoms with Gasteiger partial charge in [0.05, 0.1) is 5.75 Å². The number of thioether (sulfide) groups is 1. The van der Waals surface area contributed by atoms with E-state index in [2.05, 4.69) is 16.9 Å². The molecule has 1 aromatic heterocycles. The van der Waals surface area contributed by atoms with Crippen molar-refractivity contribution in [2.75, 3.05) is 0 Å². The minimum absolute atomic E-state index is 0.200. The number of benzene rings is 1. The maximum Gasteiger partial charge on any atom is 0.136 e. The molecular formula is C14H15FN2S2. The fourth-order valence-corrected chi connectivity index (χ4v) is 2.80. The van der Waals surface area contributed by atoms with Crippen LogP contribution in [0.1, 0.15) is 24.0 Å². The second kappa shape index (κ2) is 6.30. The molecular weight excluding hydrogens is 279 g/mol. The van der Waals surface area contributed by atoms with E-state index in [-0.39, 0.29) is 5.82 Å². The van der Waals surface area contributed by atoms with Crippen LogP contribution in [-0.2, 0) is 12.2 Å². The third kappa shape index (κ3) is 3.42. The Kier molecular flexibility index (Phi) is 4.71. The molecule has 2 aromatic rings. The van der Waals surface area contributed by atoms with Crippen LogP contribution in [0.5, 0.6) is 0 Å². The van der Waals surface area contributed by atoms with E-state index in [0.717, 1.165) is 23.5 Å². The van der Waals surface area contributed by atoms with Crippen molar-refractivity contribution in [2.45, 2.75) is 30.9 Å². The number of hydrogen-bond acceptors (Lipinski definition) is 3. The molecule has 1 aromatic carbocycles. The van der Waals surface area contributed by atoms with Gasteiger partial charge >= 0.3 is 0 Å². The van der Waals surface area contributed by atoms with Gasteiger partial charge in [-0.2, -0.15) is 0 Å². The highest BCUT2D eigenvalue weighted by molar-refractivity contribution is 7.98. The zero-order valence-electron chi connectivity index (χ0n) is 10.9. The van der Waals surface area contributed by atoms with Crippen molar-refractivity contribution < 1.29 is 4.39 Å². The van der Waals surface area contributed by atoms with E-state index in [9.17, 15) is 4.39 Å². The molecule has 19 heavy (non-hydrogen) atoms. The Balaban J connectivity index is 2.19. The fraction of sp³-hybridized carbons (Fsp3) is 0.286. The number of nitrogens with zero attached hydrogens (tertiary/aromatic N) is 1. The lowest BCUT2D eigenvalue weighted by atomic mass is 10.2. The molecule has 0 bridgehead atoms. The van der Waals surface area contributed by atoms with Gasteiger partial charge in [0, 0.05) is 16.2 Å². The van der Waals surface area contributed by atoms with E-state index in [1.54, 1.807) is 12.1 Å². The molecule has 0 unspecified atom stereocenters. The van der Waals surface area contributed by atoms with Gasteiger partial charge in [0.2, 0.25) is 0 Å². The quantitative estimate of drug-likeness (QED) is 0.667. The van der Waals surface area contributed by atoms with Crippen LogP contribution >= 0.6 is 24.0 Å². The summed E-state index contributed by atoms with van der Waals surface area (Å²) < 4.78 is 14.1. The number of aryl methyl sites for hydroxylation is 1. The van der Waals surface area contributed by atoms with E-state index in [0.29, 0.717) is 15.3 Å². The highest BCUT2D eigenvalue weighted by atomic mass is 32.2. The van der Waals surface area contributed by atoms with Crippen molar-refractivity contribution in [1.29, 1.82) is 0 Å². The first-order valence-corrected chi connectivity index (χ1v) is 7.47. The summed E-state index contributed by atoms with van der Waals surface area (Å²) >= 11 is 6.66. The number of hydrogen-bond donors (Lipinski definition) is 1. The van der Waals surface area contributed by atoms with Gasteiger partial charge in [0.15, 0.2) is 0 Å². The van der Waals surface area contributed by atoms with E-state index < -0.39 is 0 Å². The van der Waals surface area contributed by atoms with Gasteiger partial charge in [0.25, 0.3) is 0 Å². The smallest absolute Gasteiger partial charge is 0.136 e. The molecule has 100 valence electrons. The maximum absolute atomic E-state index is 13.5. The average Bonchev–Trinajstić information content (AvgIpc) is 2.41.